The monoisotopic (exact) mass is 682 g/mol. The molecule has 2 rings (SSSR count). The summed E-state index contributed by atoms with van der Waals surface area (Å²) in [5.74, 6) is 1.39. The van der Waals surface area contributed by atoms with Crippen molar-refractivity contribution in [2.75, 3.05) is 39.8 Å². The maximum Gasteiger partial charge on any atom is 0.419 e. The van der Waals surface area contributed by atoms with E-state index in [1.54, 1.807) is 0 Å². The maximum absolute atomic E-state index is 13.9. The molecular weight excluding hydrogens is 615 g/mol. The van der Waals surface area contributed by atoms with E-state index in [0.29, 0.717) is 32.0 Å². The summed E-state index contributed by atoms with van der Waals surface area (Å²) in [5, 5.41) is 6.23. The van der Waals surface area contributed by atoms with Gasteiger partial charge in [0.05, 0.1) is 5.57 Å². The molecule has 0 aromatic rings. The zero-order valence-corrected chi connectivity index (χ0v) is 31.2. The first kappa shape index (κ1) is 43.2. The predicted octanol–water partition coefficient (Wildman–Crippen LogP) is 7.94. The van der Waals surface area contributed by atoms with Crippen molar-refractivity contribution < 1.29 is 18.0 Å². The minimum Gasteiger partial charge on any atom is -0.388 e. The number of halogens is 3. The van der Waals surface area contributed by atoms with E-state index in [1.807, 2.05) is 31.9 Å². The first-order chi connectivity index (χ1) is 22.5. The Kier molecular flexibility index (Phi) is 19.8. The molecule has 0 aromatic heterocycles. The zero-order valence-electron chi connectivity index (χ0n) is 31.2. The van der Waals surface area contributed by atoms with Gasteiger partial charge in [-0.2, -0.15) is 13.2 Å². The summed E-state index contributed by atoms with van der Waals surface area (Å²) in [5.41, 5.74) is 5.20. The number of aliphatic imine (C=N–C) groups is 2. The lowest BCUT2D eigenvalue weighted by Gasteiger charge is -2.33. The van der Waals surface area contributed by atoms with Crippen LogP contribution in [0.1, 0.15) is 119 Å². The number of amides is 1. The molecule has 4 N–H and O–H groups in total. The molecule has 276 valence electrons. The van der Waals surface area contributed by atoms with Crippen molar-refractivity contribution in [3.05, 3.63) is 35.8 Å². The number of piperidine rings is 1. The third-order valence-corrected chi connectivity index (χ3v) is 8.85. The third kappa shape index (κ3) is 17.5. The number of carbonyl (C=O) groups excluding carboxylic acids is 1. The fourth-order valence-corrected chi connectivity index (χ4v) is 5.70. The molecule has 8 nitrogen and oxygen atoms in total. The van der Waals surface area contributed by atoms with Crippen molar-refractivity contribution in [2.24, 2.45) is 27.1 Å². The quantitative estimate of drug-likeness (QED) is 0.0927. The highest BCUT2D eigenvalue weighted by Crippen LogP contribution is 2.30. The number of carbonyl (C=O) groups is 1. The number of nitrogens with one attached hydrogen (secondary N) is 2. The normalized spacial score (nSPS) is 18.4. The van der Waals surface area contributed by atoms with Crippen molar-refractivity contribution in [1.29, 1.82) is 0 Å². The second-order valence-electron chi connectivity index (χ2n) is 14.3. The molecule has 0 spiro atoms. The fraction of sp³-hybridized carbons (Fsp3) is 0.757. The topological polar surface area (TPSA) is 98.3 Å². The molecule has 0 radical (unpaired) electrons. The van der Waals surface area contributed by atoms with Crippen LogP contribution in [0, 0.1) is 11.3 Å². The molecule has 0 bridgehead atoms. The van der Waals surface area contributed by atoms with Crippen molar-refractivity contribution in [3.8, 4) is 0 Å². The summed E-state index contributed by atoms with van der Waals surface area (Å²) in [7, 11) is 2.20. The van der Waals surface area contributed by atoms with Crippen LogP contribution in [0.5, 0.6) is 0 Å². The van der Waals surface area contributed by atoms with Crippen LogP contribution in [0.15, 0.2) is 45.8 Å². The molecule has 0 unspecified atom stereocenters. The average molecular weight is 682 g/mol. The highest BCUT2D eigenvalue weighted by Gasteiger charge is 2.36. The van der Waals surface area contributed by atoms with E-state index in [2.05, 4.69) is 59.9 Å². The van der Waals surface area contributed by atoms with Crippen molar-refractivity contribution in [3.63, 3.8) is 0 Å². The molecule has 0 saturated carbocycles. The Morgan fingerprint density at radius 3 is 2.25 bits per heavy atom. The van der Waals surface area contributed by atoms with Gasteiger partial charge in [-0.15, -0.1) is 0 Å². The molecule has 11 heteroatoms. The first-order valence-corrected chi connectivity index (χ1v) is 18.0. The molecule has 2 aliphatic rings. The molecule has 0 aliphatic carbocycles. The van der Waals surface area contributed by atoms with Gasteiger partial charge in [0.25, 0.3) is 0 Å². The van der Waals surface area contributed by atoms with Gasteiger partial charge in [-0.3, -0.25) is 4.79 Å². The largest absolute Gasteiger partial charge is 0.419 e. The molecule has 2 aliphatic heterocycles. The SMILES string of the molecule is C=C(NCC(C)(C)CN1CCCCCC1=O)/C(=C\N=C(C)N=C(N)/C(=C\NC(CCC)CCC)CC)C(F)(F)F.CC1CCN(C)CC1. The third-order valence-electron chi connectivity index (χ3n) is 8.85. The molecule has 0 atom stereocenters. The lowest BCUT2D eigenvalue weighted by Crippen LogP contribution is -2.43. The van der Waals surface area contributed by atoms with E-state index in [9.17, 15) is 18.0 Å². The second kappa shape index (κ2) is 22.0. The zero-order chi connectivity index (χ0) is 36.3. The van der Waals surface area contributed by atoms with Crippen LogP contribution in [0.2, 0.25) is 0 Å². The molecule has 2 fully saturated rings. The van der Waals surface area contributed by atoms with Crippen LogP contribution in [0.4, 0.5) is 13.2 Å². The van der Waals surface area contributed by atoms with E-state index in [0.717, 1.165) is 62.6 Å². The number of amidine groups is 2. The van der Waals surface area contributed by atoms with Crippen molar-refractivity contribution in [1.82, 2.24) is 20.4 Å². The second-order valence-corrected chi connectivity index (χ2v) is 14.3. The van der Waals surface area contributed by atoms with E-state index >= 15 is 0 Å². The number of hydrogen-bond donors (Lipinski definition) is 3. The average Bonchev–Trinajstić information content (AvgIpc) is 3.20. The maximum atomic E-state index is 13.9. The Hall–Kier alpha value is -2.82. The minimum absolute atomic E-state index is 0.100. The van der Waals surface area contributed by atoms with Crippen molar-refractivity contribution >= 4 is 17.6 Å². The minimum atomic E-state index is -4.67. The van der Waals surface area contributed by atoms with Crippen molar-refractivity contribution in [2.45, 2.75) is 131 Å². The Balaban J connectivity index is 0.00000125. The van der Waals surface area contributed by atoms with Gasteiger partial charge in [0.15, 0.2) is 0 Å². The van der Waals surface area contributed by atoms with Gasteiger partial charge in [-0.05, 0) is 83.3 Å². The van der Waals surface area contributed by atoms with Gasteiger partial charge in [0, 0.05) is 55.8 Å². The van der Waals surface area contributed by atoms with Gasteiger partial charge < -0.3 is 26.2 Å². The molecule has 2 heterocycles. The van der Waals surface area contributed by atoms with E-state index < -0.39 is 17.2 Å². The fourth-order valence-electron chi connectivity index (χ4n) is 5.70. The summed E-state index contributed by atoms with van der Waals surface area (Å²) in [6.07, 6.45) is 8.89. The Labute approximate surface area is 289 Å². The molecule has 0 aromatic carbocycles. The Morgan fingerprint density at radius 2 is 1.71 bits per heavy atom. The standard InChI is InChI=1S/C30H51F3N6O.C7H15N/c1-8-14-25(15-9-2)36-18-24(10-3)28(34)38-23(5)35-19-26(30(31,32)33)22(4)37-20-29(6,7)21-39-17-13-11-12-16-27(39)40;1-7-3-5-8(2)6-4-7/h18-19,25,36-37H,4,8-17,20-21H2,1-3,5-7H3,(H2,34,35,38);7H,3-6H2,1-2H3/b24-18-,26-19+;. The van der Waals surface area contributed by atoms with E-state index in [1.165, 1.54) is 32.9 Å². The van der Waals surface area contributed by atoms with Crippen LogP contribution in [-0.2, 0) is 4.79 Å². The predicted molar refractivity (Wildman–Crippen MR) is 196 cm³/mol. The molecule has 48 heavy (non-hydrogen) atoms. The smallest absolute Gasteiger partial charge is 0.388 e. The van der Waals surface area contributed by atoms with Crippen LogP contribution in [0.3, 0.4) is 0 Å². The summed E-state index contributed by atoms with van der Waals surface area (Å²) >= 11 is 0. The molecule has 2 saturated heterocycles. The van der Waals surface area contributed by atoms with E-state index in [-0.39, 0.29) is 29.8 Å². The summed E-state index contributed by atoms with van der Waals surface area (Å²) in [6, 6.07) is 0.338. The number of allylic oxidation sites excluding steroid dienone is 1. The van der Waals surface area contributed by atoms with Gasteiger partial charge in [0.2, 0.25) is 5.91 Å². The van der Waals surface area contributed by atoms with Crippen LogP contribution in [-0.4, -0.2) is 79.4 Å². The van der Waals surface area contributed by atoms with Crippen LogP contribution in [0.25, 0.3) is 0 Å². The van der Waals surface area contributed by atoms with Gasteiger partial charge >= 0.3 is 6.18 Å². The molecule has 1 amide bonds. The highest BCUT2D eigenvalue weighted by molar-refractivity contribution is 6.04. The summed E-state index contributed by atoms with van der Waals surface area (Å²) < 4.78 is 41.7. The number of hydrogen-bond acceptors (Lipinski definition) is 5. The number of nitrogens with two attached hydrogens (primary N) is 1. The van der Waals surface area contributed by atoms with Crippen LogP contribution >= 0.6 is 0 Å². The summed E-state index contributed by atoms with van der Waals surface area (Å²) in [4.78, 5) is 24.8. The lowest BCUT2D eigenvalue weighted by atomic mass is 9.92. The Morgan fingerprint density at radius 1 is 1.08 bits per heavy atom. The van der Waals surface area contributed by atoms with Gasteiger partial charge in [0.1, 0.15) is 11.7 Å². The first-order valence-electron chi connectivity index (χ1n) is 18.0. The van der Waals surface area contributed by atoms with Gasteiger partial charge in [-0.1, -0.05) is 67.4 Å². The lowest BCUT2D eigenvalue weighted by molar-refractivity contribution is -0.132. The Bertz CT molecular complexity index is 1090. The van der Waals surface area contributed by atoms with Crippen LogP contribution < -0.4 is 16.4 Å². The van der Waals surface area contributed by atoms with E-state index in [4.69, 9.17) is 5.73 Å². The number of nitrogens with zero attached hydrogens (tertiary/aromatic N) is 4. The summed E-state index contributed by atoms with van der Waals surface area (Å²) in [6.45, 7) is 21.5. The number of rotatable bonds is 15. The number of likely N-dealkylation sites (tertiary alicyclic amines) is 2. The molecular formula is C37H66F3N7O. The highest BCUT2D eigenvalue weighted by atomic mass is 19.4. The van der Waals surface area contributed by atoms with Gasteiger partial charge in [-0.25, -0.2) is 9.98 Å². The number of alkyl halides is 3.